The number of fused-ring (bicyclic) bond motifs is 1. The summed E-state index contributed by atoms with van der Waals surface area (Å²) in [4.78, 5) is 15.8. The van der Waals surface area contributed by atoms with E-state index in [4.69, 9.17) is 4.74 Å². The summed E-state index contributed by atoms with van der Waals surface area (Å²) < 4.78 is 9.90. The standard InChI is InChI=1S/C19H15N3O3/c1-24-15-7-8-16-17(9-15)21-11-13(10-20)18(16)22-14-5-3-12(4-6-14)19(23)25-2/h3-9,11H,1-2H3,(H,21,22). The molecule has 2 aromatic carbocycles. The van der Waals surface area contributed by atoms with E-state index in [9.17, 15) is 10.1 Å². The lowest BCUT2D eigenvalue weighted by molar-refractivity contribution is 0.0601. The Hall–Kier alpha value is -3.59. The van der Waals surface area contributed by atoms with E-state index in [1.807, 2.05) is 18.2 Å². The smallest absolute Gasteiger partial charge is 0.337 e. The Bertz CT molecular complexity index is 976. The molecular weight excluding hydrogens is 318 g/mol. The molecule has 0 aliphatic carbocycles. The van der Waals surface area contributed by atoms with Crippen LogP contribution >= 0.6 is 0 Å². The van der Waals surface area contributed by atoms with Gasteiger partial charge in [-0.25, -0.2) is 4.79 Å². The van der Waals surface area contributed by atoms with Crippen LogP contribution in [0.3, 0.4) is 0 Å². The summed E-state index contributed by atoms with van der Waals surface area (Å²) in [5.41, 5.74) is 2.99. The van der Waals surface area contributed by atoms with Crippen molar-refractivity contribution in [3.05, 3.63) is 59.8 Å². The van der Waals surface area contributed by atoms with Gasteiger partial charge in [-0.2, -0.15) is 5.26 Å². The summed E-state index contributed by atoms with van der Waals surface area (Å²) in [5.74, 6) is 0.295. The van der Waals surface area contributed by atoms with Crippen LogP contribution in [0.4, 0.5) is 11.4 Å². The predicted molar refractivity (Wildman–Crippen MR) is 94.1 cm³/mol. The number of carbonyl (C=O) groups excluding carboxylic acids is 1. The number of nitrogens with one attached hydrogen (secondary N) is 1. The van der Waals surface area contributed by atoms with Gasteiger partial charge in [-0.05, 0) is 36.4 Å². The van der Waals surface area contributed by atoms with Crippen molar-refractivity contribution in [3.63, 3.8) is 0 Å². The summed E-state index contributed by atoms with van der Waals surface area (Å²) in [6, 6.07) is 14.4. The highest BCUT2D eigenvalue weighted by atomic mass is 16.5. The number of methoxy groups -OCH3 is 2. The molecule has 0 fully saturated rings. The average Bonchev–Trinajstić information content (AvgIpc) is 2.67. The molecule has 0 atom stereocenters. The van der Waals surface area contributed by atoms with Crippen LogP contribution in [0.1, 0.15) is 15.9 Å². The summed E-state index contributed by atoms with van der Waals surface area (Å²) in [5, 5.41) is 13.4. The number of hydrogen-bond donors (Lipinski definition) is 1. The van der Waals surface area contributed by atoms with Gasteiger partial charge in [0.25, 0.3) is 0 Å². The molecule has 1 N–H and O–H groups in total. The number of esters is 1. The maximum absolute atomic E-state index is 11.5. The number of nitriles is 1. The van der Waals surface area contributed by atoms with Crippen LogP contribution in [0.5, 0.6) is 5.75 Å². The van der Waals surface area contributed by atoms with E-state index in [0.717, 1.165) is 11.1 Å². The van der Waals surface area contributed by atoms with Gasteiger partial charge in [0.2, 0.25) is 0 Å². The van der Waals surface area contributed by atoms with Gasteiger partial charge in [0.1, 0.15) is 11.8 Å². The molecule has 0 amide bonds. The fourth-order valence-electron chi connectivity index (χ4n) is 2.47. The van der Waals surface area contributed by atoms with Crippen LogP contribution in [-0.4, -0.2) is 25.2 Å². The van der Waals surface area contributed by atoms with Crippen molar-refractivity contribution in [1.29, 1.82) is 5.26 Å². The molecule has 1 heterocycles. The maximum Gasteiger partial charge on any atom is 0.337 e. The van der Waals surface area contributed by atoms with E-state index < -0.39 is 5.97 Å². The molecule has 0 spiro atoms. The van der Waals surface area contributed by atoms with Crippen LogP contribution in [0.2, 0.25) is 0 Å². The molecule has 0 bridgehead atoms. The minimum atomic E-state index is -0.397. The number of benzene rings is 2. The molecule has 0 saturated heterocycles. The monoisotopic (exact) mass is 333 g/mol. The van der Waals surface area contributed by atoms with Gasteiger partial charge < -0.3 is 14.8 Å². The third-order valence-corrected chi connectivity index (χ3v) is 3.77. The minimum Gasteiger partial charge on any atom is -0.497 e. The number of pyridine rings is 1. The van der Waals surface area contributed by atoms with Gasteiger partial charge in [-0.1, -0.05) is 0 Å². The Kier molecular flexibility index (Phi) is 4.48. The van der Waals surface area contributed by atoms with Gasteiger partial charge in [-0.3, -0.25) is 4.98 Å². The molecule has 1 aromatic heterocycles. The largest absolute Gasteiger partial charge is 0.497 e. The molecule has 0 saturated carbocycles. The number of anilines is 2. The maximum atomic E-state index is 11.5. The second-order valence-corrected chi connectivity index (χ2v) is 5.24. The molecule has 0 radical (unpaired) electrons. The van der Waals surface area contributed by atoms with Crippen molar-refractivity contribution in [2.75, 3.05) is 19.5 Å². The van der Waals surface area contributed by atoms with Crippen LogP contribution in [0, 0.1) is 11.3 Å². The first-order valence-corrected chi connectivity index (χ1v) is 7.48. The molecule has 124 valence electrons. The molecule has 0 aliphatic heterocycles. The number of hydrogen-bond acceptors (Lipinski definition) is 6. The van der Waals surface area contributed by atoms with Crippen molar-refractivity contribution >= 4 is 28.2 Å². The molecule has 6 nitrogen and oxygen atoms in total. The van der Waals surface area contributed by atoms with Crippen molar-refractivity contribution in [3.8, 4) is 11.8 Å². The number of rotatable bonds is 4. The Balaban J connectivity index is 2.02. The topological polar surface area (TPSA) is 84.2 Å². The zero-order chi connectivity index (χ0) is 17.8. The third-order valence-electron chi connectivity index (χ3n) is 3.77. The Morgan fingerprint density at radius 3 is 2.56 bits per heavy atom. The number of aromatic nitrogens is 1. The number of carbonyl (C=O) groups is 1. The van der Waals surface area contributed by atoms with Crippen LogP contribution in [0.25, 0.3) is 10.9 Å². The summed E-state index contributed by atoms with van der Waals surface area (Å²) >= 11 is 0. The van der Waals surface area contributed by atoms with Crippen molar-refractivity contribution in [2.24, 2.45) is 0 Å². The Morgan fingerprint density at radius 1 is 1.16 bits per heavy atom. The second-order valence-electron chi connectivity index (χ2n) is 5.24. The fourth-order valence-corrected chi connectivity index (χ4v) is 2.47. The Labute approximate surface area is 144 Å². The molecule has 3 rings (SSSR count). The summed E-state index contributed by atoms with van der Waals surface area (Å²) in [7, 11) is 2.93. The minimum absolute atomic E-state index is 0.397. The van der Waals surface area contributed by atoms with Gasteiger partial charge in [0.05, 0.1) is 36.6 Å². The SMILES string of the molecule is COC(=O)c1ccc(Nc2c(C#N)cnc3cc(OC)ccc23)cc1. The molecule has 6 heteroatoms. The Morgan fingerprint density at radius 2 is 1.92 bits per heavy atom. The van der Waals surface area contributed by atoms with Crippen LogP contribution in [0.15, 0.2) is 48.7 Å². The lowest BCUT2D eigenvalue weighted by atomic mass is 10.1. The van der Waals surface area contributed by atoms with E-state index >= 15 is 0 Å². The molecule has 0 aliphatic rings. The zero-order valence-electron chi connectivity index (χ0n) is 13.7. The molecular formula is C19H15N3O3. The summed E-state index contributed by atoms with van der Waals surface area (Å²) in [6.07, 6.45) is 1.52. The highest BCUT2D eigenvalue weighted by molar-refractivity contribution is 5.96. The van der Waals surface area contributed by atoms with Gasteiger partial charge >= 0.3 is 5.97 Å². The van der Waals surface area contributed by atoms with Crippen LogP contribution in [-0.2, 0) is 4.74 Å². The van der Waals surface area contributed by atoms with Crippen molar-refractivity contribution < 1.29 is 14.3 Å². The van der Waals surface area contributed by atoms with E-state index in [1.54, 1.807) is 31.4 Å². The van der Waals surface area contributed by atoms with Crippen molar-refractivity contribution in [2.45, 2.75) is 0 Å². The van der Waals surface area contributed by atoms with E-state index in [1.165, 1.54) is 13.3 Å². The lowest BCUT2D eigenvalue weighted by Crippen LogP contribution is -2.01. The normalized spacial score (nSPS) is 10.1. The molecule has 0 unspecified atom stereocenters. The van der Waals surface area contributed by atoms with Crippen LogP contribution < -0.4 is 10.1 Å². The first-order valence-electron chi connectivity index (χ1n) is 7.48. The average molecular weight is 333 g/mol. The lowest BCUT2D eigenvalue weighted by Gasteiger charge is -2.12. The first-order chi connectivity index (χ1) is 12.2. The van der Waals surface area contributed by atoms with Gasteiger partial charge in [-0.15, -0.1) is 0 Å². The summed E-state index contributed by atoms with van der Waals surface area (Å²) in [6.45, 7) is 0. The van der Waals surface area contributed by atoms with Crippen molar-refractivity contribution in [1.82, 2.24) is 4.98 Å². The van der Waals surface area contributed by atoms with E-state index in [2.05, 4.69) is 21.1 Å². The highest BCUT2D eigenvalue weighted by Crippen LogP contribution is 2.30. The number of ether oxygens (including phenoxy) is 2. The van der Waals surface area contributed by atoms with Gasteiger partial charge in [0.15, 0.2) is 0 Å². The predicted octanol–water partition coefficient (Wildman–Crippen LogP) is 3.65. The highest BCUT2D eigenvalue weighted by Gasteiger charge is 2.11. The second kappa shape index (κ2) is 6.89. The number of nitrogens with zero attached hydrogens (tertiary/aromatic N) is 2. The first kappa shape index (κ1) is 16.3. The van der Waals surface area contributed by atoms with E-state index in [0.29, 0.717) is 28.1 Å². The quantitative estimate of drug-likeness (QED) is 0.734. The van der Waals surface area contributed by atoms with E-state index in [-0.39, 0.29) is 0 Å². The third kappa shape index (κ3) is 3.21. The van der Waals surface area contributed by atoms with Gasteiger partial charge in [0, 0.05) is 23.3 Å². The molecule has 3 aromatic rings. The zero-order valence-corrected chi connectivity index (χ0v) is 13.7. The fraction of sp³-hybridized carbons (Fsp3) is 0.105. The molecule has 25 heavy (non-hydrogen) atoms.